The molecule has 2 N–H and O–H groups in total. The van der Waals surface area contributed by atoms with E-state index in [2.05, 4.69) is 10.3 Å². The lowest BCUT2D eigenvalue weighted by atomic mass is 10.0. The van der Waals surface area contributed by atoms with E-state index >= 15 is 0 Å². The molecule has 6 nitrogen and oxygen atoms in total. The van der Waals surface area contributed by atoms with E-state index in [0.717, 1.165) is 18.5 Å². The number of hydrogen-bond acceptors (Lipinski definition) is 3. The van der Waals surface area contributed by atoms with Gasteiger partial charge < -0.3 is 15.2 Å². The predicted octanol–water partition coefficient (Wildman–Crippen LogP) is 0.424. The zero-order valence-electron chi connectivity index (χ0n) is 11.7. The Hall–Kier alpha value is -2.11. The van der Waals surface area contributed by atoms with Gasteiger partial charge in [-0.05, 0) is 19.8 Å². The second kappa shape index (κ2) is 5.90. The molecule has 0 saturated carbocycles. The van der Waals surface area contributed by atoms with Crippen molar-refractivity contribution in [3.05, 3.63) is 33.7 Å². The Balaban J connectivity index is 1.96. The van der Waals surface area contributed by atoms with Crippen molar-refractivity contribution in [3.8, 4) is 0 Å². The molecule has 0 radical (unpaired) electrons. The summed E-state index contributed by atoms with van der Waals surface area (Å²) in [4.78, 5) is 39.6. The number of rotatable bonds is 2. The highest BCUT2D eigenvalue weighted by Gasteiger charge is 2.23. The van der Waals surface area contributed by atoms with Crippen LogP contribution in [0.25, 0.3) is 0 Å². The van der Waals surface area contributed by atoms with E-state index in [1.165, 1.54) is 12.3 Å². The summed E-state index contributed by atoms with van der Waals surface area (Å²) in [5.74, 6) is -0.294. The molecule has 108 valence electrons. The fraction of sp³-hybridized carbons (Fsp3) is 0.500. The number of H-pyrrole nitrogens is 1. The molecule has 2 amide bonds. The van der Waals surface area contributed by atoms with Crippen LogP contribution in [0.3, 0.4) is 0 Å². The number of aryl methyl sites for hydroxylation is 1. The van der Waals surface area contributed by atoms with Gasteiger partial charge in [-0.15, -0.1) is 0 Å². The number of nitrogens with zero attached hydrogens (tertiary/aromatic N) is 1. The third-order valence-electron chi connectivity index (χ3n) is 3.58. The van der Waals surface area contributed by atoms with Gasteiger partial charge in [0, 0.05) is 44.0 Å². The van der Waals surface area contributed by atoms with Crippen molar-refractivity contribution in [2.45, 2.75) is 32.7 Å². The number of amides is 2. The maximum atomic E-state index is 12.0. The van der Waals surface area contributed by atoms with Gasteiger partial charge in [-0.2, -0.15) is 0 Å². The Kier molecular flexibility index (Phi) is 4.22. The van der Waals surface area contributed by atoms with Gasteiger partial charge >= 0.3 is 0 Å². The van der Waals surface area contributed by atoms with Crippen molar-refractivity contribution in [1.29, 1.82) is 0 Å². The van der Waals surface area contributed by atoms with Crippen LogP contribution in [0.15, 0.2) is 17.1 Å². The van der Waals surface area contributed by atoms with Gasteiger partial charge in [0.25, 0.3) is 5.91 Å². The molecule has 1 aromatic heterocycles. The SMILES string of the molecule is CC(=O)N1CCC(NC(=O)c2c[nH]c(C)cc2=O)CC1. The van der Waals surface area contributed by atoms with Crippen molar-refractivity contribution < 1.29 is 9.59 Å². The molecule has 1 aliphatic rings. The van der Waals surface area contributed by atoms with Crippen molar-refractivity contribution >= 4 is 11.8 Å². The number of aromatic amines is 1. The van der Waals surface area contributed by atoms with E-state index < -0.39 is 0 Å². The first-order valence-electron chi connectivity index (χ1n) is 6.73. The Morgan fingerprint density at radius 3 is 2.55 bits per heavy atom. The Morgan fingerprint density at radius 1 is 1.35 bits per heavy atom. The van der Waals surface area contributed by atoms with Crippen molar-refractivity contribution in [2.75, 3.05) is 13.1 Å². The van der Waals surface area contributed by atoms with E-state index in [1.54, 1.807) is 18.7 Å². The van der Waals surface area contributed by atoms with Crippen LogP contribution in [-0.4, -0.2) is 40.8 Å². The van der Waals surface area contributed by atoms with Gasteiger partial charge in [-0.1, -0.05) is 0 Å². The third-order valence-corrected chi connectivity index (χ3v) is 3.58. The van der Waals surface area contributed by atoms with Crippen LogP contribution in [0.1, 0.15) is 35.8 Å². The number of aromatic nitrogens is 1. The van der Waals surface area contributed by atoms with Crippen LogP contribution >= 0.6 is 0 Å². The van der Waals surface area contributed by atoms with Crippen molar-refractivity contribution in [2.24, 2.45) is 0 Å². The van der Waals surface area contributed by atoms with Crippen LogP contribution in [0.2, 0.25) is 0 Å². The maximum Gasteiger partial charge on any atom is 0.256 e. The van der Waals surface area contributed by atoms with Gasteiger partial charge in [-0.3, -0.25) is 14.4 Å². The zero-order valence-corrected chi connectivity index (χ0v) is 11.7. The number of carbonyl (C=O) groups is 2. The van der Waals surface area contributed by atoms with Crippen LogP contribution < -0.4 is 10.7 Å². The second-order valence-corrected chi connectivity index (χ2v) is 5.15. The van der Waals surface area contributed by atoms with Gasteiger partial charge in [0.05, 0.1) is 0 Å². The highest BCUT2D eigenvalue weighted by Crippen LogP contribution is 2.10. The summed E-state index contributed by atoms with van der Waals surface area (Å²) in [5.41, 5.74) is 0.575. The Bertz CT molecular complexity index is 571. The van der Waals surface area contributed by atoms with Gasteiger partial charge in [0.1, 0.15) is 5.56 Å². The minimum absolute atomic E-state index is 0.0128. The average molecular weight is 277 g/mol. The molecule has 0 bridgehead atoms. The van der Waals surface area contributed by atoms with E-state index in [0.29, 0.717) is 13.1 Å². The number of nitrogens with one attached hydrogen (secondary N) is 2. The molecule has 2 heterocycles. The van der Waals surface area contributed by atoms with Crippen LogP contribution in [0, 0.1) is 6.92 Å². The average Bonchev–Trinajstić information content (AvgIpc) is 2.39. The molecule has 0 aromatic carbocycles. The smallest absolute Gasteiger partial charge is 0.256 e. The minimum atomic E-state index is -0.354. The predicted molar refractivity (Wildman–Crippen MR) is 74.5 cm³/mol. The van der Waals surface area contributed by atoms with Gasteiger partial charge in [0.15, 0.2) is 5.43 Å². The first-order valence-corrected chi connectivity index (χ1v) is 6.73. The van der Waals surface area contributed by atoms with Crippen LogP contribution in [0.5, 0.6) is 0 Å². The molecule has 0 spiro atoms. The summed E-state index contributed by atoms with van der Waals surface area (Å²) in [7, 11) is 0. The monoisotopic (exact) mass is 277 g/mol. The fourth-order valence-electron chi connectivity index (χ4n) is 2.35. The molecule has 1 aliphatic heterocycles. The molecule has 1 aromatic rings. The topological polar surface area (TPSA) is 82.3 Å². The number of hydrogen-bond donors (Lipinski definition) is 2. The van der Waals surface area contributed by atoms with Crippen LogP contribution in [-0.2, 0) is 4.79 Å². The first kappa shape index (κ1) is 14.3. The molecule has 1 saturated heterocycles. The first-order chi connectivity index (χ1) is 9.47. The summed E-state index contributed by atoms with van der Waals surface area (Å²) in [6.45, 7) is 4.60. The summed E-state index contributed by atoms with van der Waals surface area (Å²) < 4.78 is 0. The zero-order chi connectivity index (χ0) is 14.7. The van der Waals surface area contributed by atoms with E-state index in [4.69, 9.17) is 0 Å². The number of pyridine rings is 1. The molecule has 0 atom stereocenters. The highest BCUT2D eigenvalue weighted by atomic mass is 16.2. The van der Waals surface area contributed by atoms with E-state index in [-0.39, 0.29) is 28.8 Å². The molecule has 6 heteroatoms. The maximum absolute atomic E-state index is 12.0. The molecule has 2 rings (SSSR count). The Morgan fingerprint density at radius 2 is 2.00 bits per heavy atom. The molecule has 20 heavy (non-hydrogen) atoms. The Labute approximate surface area is 117 Å². The third kappa shape index (κ3) is 3.26. The number of likely N-dealkylation sites (tertiary alicyclic amines) is 1. The summed E-state index contributed by atoms with van der Waals surface area (Å²) in [6.07, 6.45) is 2.88. The number of carbonyl (C=O) groups excluding carboxylic acids is 2. The lowest BCUT2D eigenvalue weighted by molar-refractivity contribution is -0.129. The summed E-state index contributed by atoms with van der Waals surface area (Å²) in [6, 6.07) is 1.42. The molecule has 0 unspecified atom stereocenters. The molecule has 1 fully saturated rings. The van der Waals surface area contributed by atoms with E-state index in [1.807, 2.05) is 0 Å². The largest absolute Gasteiger partial charge is 0.364 e. The minimum Gasteiger partial charge on any atom is -0.364 e. The van der Waals surface area contributed by atoms with Gasteiger partial charge in [0.2, 0.25) is 5.91 Å². The highest BCUT2D eigenvalue weighted by molar-refractivity contribution is 5.94. The van der Waals surface area contributed by atoms with E-state index in [9.17, 15) is 14.4 Å². The van der Waals surface area contributed by atoms with Crippen LogP contribution in [0.4, 0.5) is 0 Å². The second-order valence-electron chi connectivity index (χ2n) is 5.15. The normalized spacial score (nSPS) is 16.0. The molecular formula is C14H19N3O3. The molecule has 0 aliphatic carbocycles. The summed E-state index contributed by atoms with van der Waals surface area (Å²) in [5, 5.41) is 2.86. The quantitative estimate of drug-likeness (QED) is 0.822. The fourth-order valence-corrected chi connectivity index (χ4v) is 2.35. The van der Waals surface area contributed by atoms with Crippen molar-refractivity contribution in [3.63, 3.8) is 0 Å². The molecular weight excluding hydrogens is 258 g/mol. The lowest BCUT2D eigenvalue weighted by Gasteiger charge is -2.31. The van der Waals surface area contributed by atoms with Crippen molar-refractivity contribution in [1.82, 2.24) is 15.2 Å². The van der Waals surface area contributed by atoms with Gasteiger partial charge in [-0.25, -0.2) is 0 Å². The number of piperidine rings is 1. The standard InChI is InChI=1S/C14H19N3O3/c1-9-7-13(19)12(8-15-9)14(20)16-11-3-5-17(6-4-11)10(2)18/h7-8,11H,3-6H2,1-2H3,(H,15,19)(H,16,20). The lowest BCUT2D eigenvalue weighted by Crippen LogP contribution is -2.46. The summed E-state index contributed by atoms with van der Waals surface area (Å²) >= 11 is 0.